The fourth-order valence-electron chi connectivity index (χ4n) is 2.39. The molecule has 1 saturated heterocycles. The maximum absolute atomic E-state index is 9.05. The highest BCUT2D eigenvalue weighted by molar-refractivity contribution is 4.93. The Morgan fingerprint density at radius 2 is 1.82 bits per heavy atom. The Morgan fingerprint density at radius 3 is 2.29 bits per heavy atom. The molecule has 0 N–H and O–H groups in total. The summed E-state index contributed by atoms with van der Waals surface area (Å²) < 4.78 is 5.12. The van der Waals surface area contributed by atoms with Gasteiger partial charge in [-0.25, -0.2) is 0 Å². The number of rotatable bonds is 6. The molecule has 0 aromatic heterocycles. The summed E-state index contributed by atoms with van der Waals surface area (Å²) in [6.45, 7) is 9.35. The molecule has 0 aromatic rings. The Kier molecular flexibility index (Phi) is 6.49. The standard InChI is InChI=1S/C13H25N3O/c1-4-13(11-14)16-8-6-15(7-9-16)12(2)5-10-17-3/h12-13H,4-10H2,1-3H3. The summed E-state index contributed by atoms with van der Waals surface area (Å²) in [5.74, 6) is 0. The lowest BCUT2D eigenvalue weighted by Crippen LogP contribution is -2.52. The van der Waals surface area contributed by atoms with E-state index in [1.165, 1.54) is 0 Å². The maximum Gasteiger partial charge on any atom is 0.0976 e. The first-order valence-electron chi connectivity index (χ1n) is 6.59. The molecule has 17 heavy (non-hydrogen) atoms. The van der Waals surface area contributed by atoms with E-state index in [0.717, 1.165) is 45.6 Å². The van der Waals surface area contributed by atoms with Gasteiger partial charge in [0.25, 0.3) is 0 Å². The normalized spacial score (nSPS) is 22.0. The Hall–Kier alpha value is -0.630. The van der Waals surface area contributed by atoms with Crippen LogP contribution in [0.3, 0.4) is 0 Å². The Labute approximate surface area is 105 Å². The van der Waals surface area contributed by atoms with Crippen molar-refractivity contribution in [2.24, 2.45) is 0 Å². The third-order valence-corrected chi connectivity index (χ3v) is 3.69. The molecule has 4 nitrogen and oxygen atoms in total. The summed E-state index contributed by atoms with van der Waals surface area (Å²) in [6.07, 6.45) is 2.02. The topological polar surface area (TPSA) is 39.5 Å². The average molecular weight is 239 g/mol. The van der Waals surface area contributed by atoms with Crippen molar-refractivity contribution in [2.75, 3.05) is 39.9 Å². The van der Waals surface area contributed by atoms with Gasteiger partial charge in [-0.05, 0) is 19.8 Å². The lowest BCUT2D eigenvalue weighted by Gasteiger charge is -2.39. The van der Waals surface area contributed by atoms with Crippen LogP contribution in [0.1, 0.15) is 26.7 Å². The van der Waals surface area contributed by atoms with Crippen LogP contribution in [-0.4, -0.2) is 61.8 Å². The van der Waals surface area contributed by atoms with E-state index in [-0.39, 0.29) is 6.04 Å². The van der Waals surface area contributed by atoms with Gasteiger partial charge < -0.3 is 4.74 Å². The minimum absolute atomic E-state index is 0.103. The smallest absolute Gasteiger partial charge is 0.0976 e. The highest BCUT2D eigenvalue weighted by Gasteiger charge is 2.24. The molecule has 98 valence electrons. The molecule has 0 saturated carbocycles. The molecule has 0 bridgehead atoms. The van der Waals surface area contributed by atoms with Crippen LogP contribution in [0.5, 0.6) is 0 Å². The molecule has 1 aliphatic rings. The highest BCUT2D eigenvalue weighted by atomic mass is 16.5. The quantitative estimate of drug-likeness (QED) is 0.701. The fourth-order valence-corrected chi connectivity index (χ4v) is 2.39. The van der Waals surface area contributed by atoms with Gasteiger partial charge in [0.15, 0.2) is 0 Å². The molecular formula is C13H25N3O. The molecule has 0 aliphatic carbocycles. The van der Waals surface area contributed by atoms with Crippen molar-refractivity contribution in [1.29, 1.82) is 5.26 Å². The number of nitriles is 1. The molecule has 0 aromatic carbocycles. The summed E-state index contributed by atoms with van der Waals surface area (Å²) in [5, 5.41) is 9.05. The zero-order valence-electron chi connectivity index (χ0n) is 11.4. The maximum atomic E-state index is 9.05. The van der Waals surface area contributed by atoms with Gasteiger partial charge in [0.1, 0.15) is 0 Å². The second-order valence-corrected chi connectivity index (χ2v) is 4.76. The number of piperazine rings is 1. The van der Waals surface area contributed by atoms with Crippen molar-refractivity contribution in [3.8, 4) is 6.07 Å². The van der Waals surface area contributed by atoms with Crippen LogP contribution in [0.25, 0.3) is 0 Å². The van der Waals surface area contributed by atoms with Crippen LogP contribution in [0.2, 0.25) is 0 Å². The van der Waals surface area contributed by atoms with E-state index < -0.39 is 0 Å². The molecule has 2 atom stereocenters. The predicted molar refractivity (Wildman–Crippen MR) is 68.8 cm³/mol. The largest absolute Gasteiger partial charge is 0.385 e. The van der Waals surface area contributed by atoms with Gasteiger partial charge in [-0.1, -0.05) is 6.92 Å². The number of ether oxygens (including phenoxy) is 1. The predicted octanol–water partition coefficient (Wildman–Crippen LogP) is 1.33. The summed E-state index contributed by atoms with van der Waals surface area (Å²) in [4.78, 5) is 4.80. The van der Waals surface area contributed by atoms with Crippen LogP contribution in [-0.2, 0) is 4.74 Å². The molecule has 4 heteroatoms. The Morgan fingerprint density at radius 1 is 1.24 bits per heavy atom. The zero-order chi connectivity index (χ0) is 12.7. The summed E-state index contributed by atoms with van der Waals surface area (Å²) in [5.41, 5.74) is 0. The first kappa shape index (κ1) is 14.4. The summed E-state index contributed by atoms with van der Waals surface area (Å²) in [7, 11) is 1.75. The highest BCUT2D eigenvalue weighted by Crippen LogP contribution is 2.12. The molecule has 1 aliphatic heterocycles. The van der Waals surface area contributed by atoms with Crippen molar-refractivity contribution < 1.29 is 4.74 Å². The van der Waals surface area contributed by atoms with E-state index >= 15 is 0 Å². The van der Waals surface area contributed by atoms with E-state index in [1.807, 2.05) is 0 Å². The minimum Gasteiger partial charge on any atom is -0.385 e. The van der Waals surface area contributed by atoms with Gasteiger partial charge in [-0.2, -0.15) is 5.26 Å². The third kappa shape index (κ3) is 4.27. The van der Waals surface area contributed by atoms with Gasteiger partial charge in [0.05, 0.1) is 12.1 Å². The van der Waals surface area contributed by atoms with Gasteiger partial charge in [-0.3, -0.25) is 9.80 Å². The molecular weight excluding hydrogens is 214 g/mol. The van der Waals surface area contributed by atoms with E-state index in [4.69, 9.17) is 10.00 Å². The van der Waals surface area contributed by atoms with Crippen LogP contribution in [0.4, 0.5) is 0 Å². The van der Waals surface area contributed by atoms with E-state index in [0.29, 0.717) is 6.04 Å². The Bertz CT molecular complexity index is 244. The lowest BCUT2D eigenvalue weighted by molar-refractivity contribution is 0.0715. The molecule has 1 fully saturated rings. The fraction of sp³-hybridized carbons (Fsp3) is 0.923. The number of hydrogen-bond acceptors (Lipinski definition) is 4. The summed E-state index contributed by atoms with van der Waals surface area (Å²) >= 11 is 0. The monoisotopic (exact) mass is 239 g/mol. The second-order valence-electron chi connectivity index (χ2n) is 4.76. The van der Waals surface area contributed by atoms with Crippen LogP contribution < -0.4 is 0 Å². The third-order valence-electron chi connectivity index (χ3n) is 3.69. The van der Waals surface area contributed by atoms with E-state index in [2.05, 4.69) is 29.7 Å². The van der Waals surface area contributed by atoms with Crippen molar-refractivity contribution in [3.63, 3.8) is 0 Å². The van der Waals surface area contributed by atoms with E-state index in [9.17, 15) is 0 Å². The average Bonchev–Trinajstić information content (AvgIpc) is 2.38. The second kappa shape index (κ2) is 7.65. The number of methoxy groups -OCH3 is 1. The van der Waals surface area contributed by atoms with E-state index in [1.54, 1.807) is 7.11 Å². The molecule has 2 unspecified atom stereocenters. The van der Waals surface area contributed by atoms with Gasteiger partial charge in [-0.15, -0.1) is 0 Å². The zero-order valence-corrected chi connectivity index (χ0v) is 11.4. The van der Waals surface area contributed by atoms with Crippen LogP contribution in [0.15, 0.2) is 0 Å². The molecule has 1 heterocycles. The molecule has 1 rings (SSSR count). The number of hydrogen-bond donors (Lipinski definition) is 0. The summed E-state index contributed by atoms with van der Waals surface area (Å²) in [6, 6.07) is 3.07. The van der Waals surface area contributed by atoms with Crippen molar-refractivity contribution >= 4 is 0 Å². The van der Waals surface area contributed by atoms with Gasteiger partial charge in [0.2, 0.25) is 0 Å². The minimum atomic E-state index is 0.103. The van der Waals surface area contributed by atoms with Crippen LogP contribution in [0, 0.1) is 11.3 Å². The first-order valence-corrected chi connectivity index (χ1v) is 6.59. The molecule has 0 amide bonds. The Balaban J connectivity index is 2.32. The lowest BCUT2D eigenvalue weighted by atomic mass is 10.1. The van der Waals surface area contributed by atoms with Crippen molar-refractivity contribution in [2.45, 2.75) is 38.8 Å². The van der Waals surface area contributed by atoms with Gasteiger partial charge >= 0.3 is 0 Å². The van der Waals surface area contributed by atoms with Crippen molar-refractivity contribution in [1.82, 2.24) is 9.80 Å². The molecule has 0 radical (unpaired) electrons. The SMILES string of the molecule is CCC(C#N)N1CCN(C(C)CCOC)CC1. The van der Waals surface area contributed by atoms with Gasteiger partial charge in [0, 0.05) is 45.9 Å². The first-order chi connectivity index (χ1) is 8.22. The van der Waals surface area contributed by atoms with Crippen LogP contribution >= 0.6 is 0 Å². The number of nitrogens with zero attached hydrogens (tertiary/aromatic N) is 3. The van der Waals surface area contributed by atoms with Crippen molar-refractivity contribution in [3.05, 3.63) is 0 Å². The molecule has 0 spiro atoms.